The fourth-order valence-corrected chi connectivity index (χ4v) is 1.51. The van der Waals surface area contributed by atoms with Crippen molar-refractivity contribution in [3.8, 4) is 17.0 Å². The van der Waals surface area contributed by atoms with Crippen molar-refractivity contribution in [2.45, 2.75) is 0 Å². The summed E-state index contributed by atoms with van der Waals surface area (Å²) in [5, 5.41) is 0. The lowest BCUT2D eigenvalue weighted by molar-refractivity contribution is 0.416. The van der Waals surface area contributed by atoms with E-state index in [1.807, 2.05) is 24.3 Å². The van der Waals surface area contributed by atoms with Crippen molar-refractivity contribution < 1.29 is 4.74 Å². The number of halogens is 1. The molecule has 0 radical (unpaired) electrons. The van der Waals surface area contributed by atoms with Crippen LogP contribution in [0.1, 0.15) is 0 Å². The molecule has 1 aromatic carbocycles. The first-order valence-electron chi connectivity index (χ1n) is 4.42. The Morgan fingerprint density at radius 2 is 1.93 bits per heavy atom. The molecule has 0 saturated heterocycles. The zero-order valence-electron chi connectivity index (χ0n) is 8.14. The van der Waals surface area contributed by atoms with Crippen molar-refractivity contribution in [1.29, 1.82) is 0 Å². The van der Waals surface area contributed by atoms with Gasteiger partial charge in [0.15, 0.2) is 0 Å². The highest BCUT2D eigenvalue weighted by Crippen LogP contribution is 2.27. The third-order valence-electron chi connectivity index (χ3n) is 2.00. The van der Waals surface area contributed by atoms with Crippen LogP contribution in [0, 0.1) is 0 Å². The van der Waals surface area contributed by atoms with Gasteiger partial charge in [-0.2, -0.15) is 0 Å². The standard InChI is InChI=1S/C11H9BrN2O/c1-15-10-5-3-2-4-8(10)9-6-14-11(12)7-13-9/h2-7H,1H3. The van der Waals surface area contributed by atoms with E-state index < -0.39 is 0 Å². The summed E-state index contributed by atoms with van der Waals surface area (Å²) in [6.07, 6.45) is 3.38. The van der Waals surface area contributed by atoms with Crippen LogP contribution in [0.2, 0.25) is 0 Å². The summed E-state index contributed by atoms with van der Waals surface area (Å²) in [5.74, 6) is 0.800. The Balaban J connectivity index is 2.49. The van der Waals surface area contributed by atoms with Crippen LogP contribution in [0.4, 0.5) is 0 Å². The lowest BCUT2D eigenvalue weighted by atomic mass is 10.1. The molecule has 2 rings (SSSR count). The molecule has 0 unspecified atom stereocenters. The highest BCUT2D eigenvalue weighted by molar-refractivity contribution is 9.10. The van der Waals surface area contributed by atoms with Gasteiger partial charge in [0.1, 0.15) is 10.4 Å². The van der Waals surface area contributed by atoms with E-state index in [9.17, 15) is 0 Å². The van der Waals surface area contributed by atoms with Crippen molar-refractivity contribution in [3.05, 3.63) is 41.3 Å². The topological polar surface area (TPSA) is 35.0 Å². The first-order chi connectivity index (χ1) is 7.31. The molecule has 0 spiro atoms. The molecule has 0 aliphatic rings. The zero-order valence-corrected chi connectivity index (χ0v) is 9.73. The van der Waals surface area contributed by atoms with Crippen LogP contribution < -0.4 is 4.74 Å². The predicted molar refractivity (Wildman–Crippen MR) is 61.7 cm³/mol. The molecule has 1 heterocycles. The van der Waals surface area contributed by atoms with Crippen LogP contribution >= 0.6 is 15.9 Å². The van der Waals surface area contributed by atoms with E-state index in [0.29, 0.717) is 0 Å². The van der Waals surface area contributed by atoms with Crippen molar-refractivity contribution in [2.24, 2.45) is 0 Å². The Bertz CT molecular complexity index is 456. The molecule has 0 bridgehead atoms. The molecular weight excluding hydrogens is 256 g/mol. The summed E-state index contributed by atoms with van der Waals surface area (Å²) in [6, 6.07) is 7.73. The van der Waals surface area contributed by atoms with Gasteiger partial charge in [0.05, 0.1) is 25.2 Å². The minimum Gasteiger partial charge on any atom is -0.496 e. The SMILES string of the molecule is COc1ccccc1-c1cnc(Br)cn1. The van der Waals surface area contributed by atoms with E-state index in [1.165, 1.54) is 0 Å². The maximum absolute atomic E-state index is 5.25. The average Bonchev–Trinajstić information content (AvgIpc) is 2.30. The monoisotopic (exact) mass is 264 g/mol. The van der Waals surface area contributed by atoms with Crippen LogP contribution in [0.15, 0.2) is 41.3 Å². The summed E-state index contributed by atoms with van der Waals surface area (Å²) in [6.45, 7) is 0. The first-order valence-corrected chi connectivity index (χ1v) is 5.21. The fraction of sp³-hybridized carbons (Fsp3) is 0.0909. The van der Waals surface area contributed by atoms with Gasteiger partial charge in [0.2, 0.25) is 0 Å². The van der Waals surface area contributed by atoms with Crippen LogP contribution in [-0.2, 0) is 0 Å². The molecule has 0 atom stereocenters. The highest BCUT2D eigenvalue weighted by Gasteiger charge is 2.05. The smallest absolute Gasteiger partial charge is 0.128 e. The van der Waals surface area contributed by atoms with Gasteiger partial charge < -0.3 is 4.74 Å². The van der Waals surface area contributed by atoms with Crippen LogP contribution in [0.3, 0.4) is 0 Å². The van der Waals surface area contributed by atoms with E-state index in [4.69, 9.17) is 4.74 Å². The van der Waals surface area contributed by atoms with E-state index in [-0.39, 0.29) is 0 Å². The quantitative estimate of drug-likeness (QED) is 0.837. The van der Waals surface area contributed by atoms with Crippen molar-refractivity contribution in [2.75, 3.05) is 7.11 Å². The van der Waals surface area contributed by atoms with E-state index in [2.05, 4.69) is 25.9 Å². The highest BCUT2D eigenvalue weighted by atomic mass is 79.9. The molecule has 3 nitrogen and oxygen atoms in total. The summed E-state index contributed by atoms with van der Waals surface area (Å²) in [4.78, 5) is 8.40. The number of para-hydroxylation sites is 1. The summed E-state index contributed by atoms with van der Waals surface area (Å²) in [7, 11) is 1.64. The normalized spacial score (nSPS) is 10.0. The lowest BCUT2D eigenvalue weighted by Crippen LogP contribution is -1.90. The van der Waals surface area contributed by atoms with Crippen molar-refractivity contribution in [3.63, 3.8) is 0 Å². The molecule has 1 aromatic heterocycles. The predicted octanol–water partition coefficient (Wildman–Crippen LogP) is 2.91. The number of benzene rings is 1. The Hall–Kier alpha value is -1.42. The molecule has 4 heteroatoms. The summed E-state index contributed by atoms with van der Waals surface area (Å²) >= 11 is 3.25. The Morgan fingerprint density at radius 3 is 2.60 bits per heavy atom. The Morgan fingerprint density at radius 1 is 1.13 bits per heavy atom. The van der Waals surface area contributed by atoms with Crippen molar-refractivity contribution in [1.82, 2.24) is 9.97 Å². The van der Waals surface area contributed by atoms with Crippen molar-refractivity contribution >= 4 is 15.9 Å². The lowest BCUT2D eigenvalue weighted by Gasteiger charge is -2.06. The molecule has 0 fully saturated rings. The molecule has 0 aliphatic carbocycles. The maximum Gasteiger partial charge on any atom is 0.128 e. The number of methoxy groups -OCH3 is 1. The minimum atomic E-state index is 0.723. The Kier molecular flexibility index (Phi) is 2.97. The van der Waals surface area contributed by atoms with Gasteiger partial charge in [-0.25, -0.2) is 4.98 Å². The van der Waals surface area contributed by atoms with Gasteiger partial charge in [-0.3, -0.25) is 4.98 Å². The van der Waals surface area contributed by atoms with Gasteiger partial charge in [-0.15, -0.1) is 0 Å². The zero-order chi connectivity index (χ0) is 10.7. The third-order valence-corrected chi connectivity index (χ3v) is 2.41. The van der Waals surface area contributed by atoms with Gasteiger partial charge in [-0.05, 0) is 28.1 Å². The average molecular weight is 265 g/mol. The largest absolute Gasteiger partial charge is 0.496 e. The molecule has 2 aromatic rings. The van der Waals surface area contributed by atoms with E-state index in [1.54, 1.807) is 19.5 Å². The second-order valence-electron chi connectivity index (χ2n) is 2.92. The summed E-state index contributed by atoms with van der Waals surface area (Å²) < 4.78 is 5.97. The second-order valence-corrected chi connectivity index (χ2v) is 3.74. The van der Waals surface area contributed by atoms with Gasteiger partial charge >= 0.3 is 0 Å². The number of ether oxygens (including phenoxy) is 1. The second kappa shape index (κ2) is 4.40. The number of hydrogen-bond donors (Lipinski definition) is 0. The molecular formula is C11H9BrN2O. The third kappa shape index (κ3) is 2.15. The van der Waals surface area contributed by atoms with Crippen LogP contribution in [-0.4, -0.2) is 17.1 Å². The van der Waals surface area contributed by atoms with Gasteiger partial charge in [0, 0.05) is 5.56 Å². The molecule has 0 N–H and O–H groups in total. The van der Waals surface area contributed by atoms with Gasteiger partial charge in [0.25, 0.3) is 0 Å². The summed E-state index contributed by atoms with van der Waals surface area (Å²) in [5.41, 5.74) is 1.75. The molecule has 15 heavy (non-hydrogen) atoms. The fourth-order valence-electron chi connectivity index (χ4n) is 1.31. The van der Waals surface area contributed by atoms with Gasteiger partial charge in [-0.1, -0.05) is 12.1 Å². The molecule has 0 saturated carbocycles. The number of rotatable bonds is 2. The van der Waals surface area contributed by atoms with E-state index >= 15 is 0 Å². The Labute approximate surface area is 96.3 Å². The van der Waals surface area contributed by atoms with Crippen LogP contribution in [0.5, 0.6) is 5.75 Å². The van der Waals surface area contributed by atoms with E-state index in [0.717, 1.165) is 21.6 Å². The molecule has 0 aliphatic heterocycles. The number of hydrogen-bond acceptors (Lipinski definition) is 3. The minimum absolute atomic E-state index is 0.723. The van der Waals surface area contributed by atoms with Crippen LogP contribution in [0.25, 0.3) is 11.3 Å². The first kappa shape index (κ1) is 10.1. The number of nitrogens with zero attached hydrogens (tertiary/aromatic N) is 2. The maximum atomic E-state index is 5.25. The molecule has 76 valence electrons. The molecule has 0 amide bonds. The number of aromatic nitrogens is 2.